The van der Waals surface area contributed by atoms with Crippen LogP contribution >= 0.6 is 22.9 Å². The zero-order chi connectivity index (χ0) is 18.7. The van der Waals surface area contributed by atoms with Crippen molar-refractivity contribution >= 4 is 38.6 Å². The fraction of sp³-hybridized carbons (Fsp3) is 0.150. The van der Waals surface area contributed by atoms with E-state index in [-0.39, 0.29) is 17.1 Å². The maximum Gasteiger partial charge on any atom is 0.186 e. The topological polar surface area (TPSA) is 51.2 Å². The van der Waals surface area contributed by atoms with Crippen molar-refractivity contribution in [3.63, 3.8) is 0 Å². The van der Waals surface area contributed by atoms with Gasteiger partial charge in [0, 0.05) is 21.9 Å². The number of halogens is 1. The first kappa shape index (κ1) is 18.8. The van der Waals surface area contributed by atoms with Gasteiger partial charge in [-0.1, -0.05) is 35.4 Å². The normalized spacial score (nSPS) is 12.7. The molecule has 0 amide bonds. The molecule has 3 aromatic rings. The van der Waals surface area contributed by atoms with Crippen LogP contribution in [0.3, 0.4) is 0 Å². The van der Waals surface area contributed by atoms with Gasteiger partial charge in [0.1, 0.15) is 5.25 Å². The molecule has 0 bridgehead atoms. The van der Waals surface area contributed by atoms with E-state index in [0.29, 0.717) is 15.5 Å². The molecule has 3 rings (SSSR count). The van der Waals surface area contributed by atoms with E-state index >= 15 is 0 Å². The second-order valence-electron chi connectivity index (χ2n) is 6.00. The highest BCUT2D eigenvalue weighted by Gasteiger charge is 2.32. The molecule has 0 spiro atoms. The van der Waals surface area contributed by atoms with E-state index < -0.39 is 15.1 Å². The van der Waals surface area contributed by atoms with Gasteiger partial charge < -0.3 is 0 Å². The predicted octanol–water partition coefficient (Wildman–Crippen LogP) is 5.50. The highest BCUT2D eigenvalue weighted by atomic mass is 35.5. The fourth-order valence-corrected chi connectivity index (χ4v) is 5.63. The SMILES string of the molecule is Cc1ccc(S(=O)(=O)C(CC(=O)c2ccc(Cl)cc2)c2cccs2)cc1. The lowest BCUT2D eigenvalue weighted by Crippen LogP contribution is -2.17. The van der Waals surface area contributed by atoms with Crippen LogP contribution in [-0.2, 0) is 9.84 Å². The Morgan fingerprint density at radius 1 is 1.04 bits per heavy atom. The maximum atomic E-state index is 13.2. The first-order chi connectivity index (χ1) is 12.4. The van der Waals surface area contributed by atoms with Gasteiger partial charge >= 0.3 is 0 Å². The number of hydrogen-bond acceptors (Lipinski definition) is 4. The number of sulfone groups is 1. The Bertz CT molecular complexity index is 990. The molecule has 1 heterocycles. The molecule has 0 saturated carbocycles. The lowest BCUT2D eigenvalue weighted by atomic mass is 10.1. The summed E-state index contributed by atoms with van der Waals surface area (Å²) in [6, 6.07) is 16.8. The summed E-state index contributed by atoms with van der Waals surface area (Å²) in [5, 5.41) is 1.44. The quantitative estimate of drug-likeness (QED) is 0.510. The van der Waals surface area contributed by atoms with E-state index in [1.54, 1.807) is 60.7 Å². The molecule has 0 radical (unpaired) electrons. The highest BCUT2D eigenvalue weighted by molar-refractivity contribution is 7.91. The molecule has 26 heavy (non-hydrogen) atoms. The van der Waals surface area contributed by atoms with Gasteiger partial charge in [0.25, 0.3) is 0 Å². The van der Waals surface area contributed by atoms with Crippen LogP contribution in [0.1, 0.15) is 32.5 Å². The van der Waals surface area contributed by atoms with Crippen LogP contribution in [0, 0.1) is 6.92 Å². The van der Waals surface area contributed by atoms with Gasteiger partial charge in [0.05, 0.1) is 4.90 Å². The molecule has 1 atom stereocenters. The molecule has 0 fully saturated rings. The van der Waals surface area contributed by atoms with Gasteiger partial charge in [-0.2, -0.15) is 0 Å². The van der Waals surface area contributed by atoms with Gasteiger partial charge in [-0.25, -0.2) is 8.42 Å². The van der Waals surface area contributed by atoms with Gasteiger partial charge in [-0.05, 0) is 54.8 Å². The van der Waals surface area contributed by atoms with Crippen LogP contribution in [0.15, 0.2) is 70.9 Å². The first-order valence-corrected chi connectivity index (χ1v) is 10.8. The summed E-state index contributed by atoms with van der Waals surface area (Å²) in [5.41, 5.74) is 1.43. The van der Waals surface area contributed by atoms with Gasteiger partial charge in [-0.3, -0.25) is 4.79 Å². The second kappa shape index (κ2) is 7.74. The molecule has 3 nitrogen and oxygen atoms in total. The lowest BCUT2D eigenvalue weighted by molar-refractivity contribution is 0.0981. The molecule has 0 aliphatic heterocycles. The third-order valence-corrected chi connectivity index (χ3v) is 7.61. The molecule has 1 aromatic heterocycles. The molecule has 0 aliphatic rings. The highest BCUT2D eigenvalue weighted by Crippen LogP contribution is 2.35. The molecule has 134 valence electrons. The van der Waals surface area contributed by atoms with Crippen molar-refractivity contribution in [3.05, 3.63) is 87.1 Å². The van der Waals surface area contributed by atoms with Gasteiger partial charge in [0.2, 0.25) is 0 Å². The Kier molecular flexibility index (Phi) is 5.61. The van der Waals surface area contributed by atoms with Crippen molar-refractivity contribution < 1.29 is 13.2 Å². The molecule has 2 aromatic carbocycles. The molecule has 0 aliphatic carbocycles. The summed E-state index contributed by atoms with van der Waals surface area (Å²) in [6.07, 6.45) is -0.113. The lowest BCUT2D eigenvalue weighted by Gasteiger charge is -2.16. The average molecular weight is 405 g/mol. The second-order valence-corrected chi connectivity index (χ2v) is 9.54. The van der Waals surface area contributed by atoms with Crippen molar-refractivity contribution in [1.82, 2.24) is 0 Å². The molecular formula is C20H17ClO3S2. The van der Waals surface area contributed by atoms with Gasteiger partial charge in [-0.15, -0.1) is 11.3 Å². The minimum absolute atomic E-state index is 0.113. The van der Waals surface area contributed by atoms with Crippen LogP contribution in [0.4, 0.5) is 0 Å². The van der Waals surface area contributed by atoms with Gasteiger partial charge in [0.15, 0.2) is 15.6 Å². The zero-order valence-corrected chi connectivity index (χ0v) is 16.4. The van der Waals surface area contributed by atoms with Crippen molar-refractivity contribution in [2.75, 3.05) is 0 Å². The van der Waals surface area contributed by atoms with Crippen molar-refractivity contribution in [1.29, 1.82) is 0 Å². The monoisotopic (exact) mass is 404 g/mol. The average Bonchev–Trinajstić information content (AvgIpc) is 3.14. The van der Waals surface area contributed by atoms with E-state index in [0.717, 1.165) is 5.56 Å². The number of benzene rings is 2. The Balaban J connectivity index is 1.97. The van der Waals surface area contributed by atoms with E-state index in [9.17, 15) is 13.2 Å². The van der Waals surface area contributed by atoms with E-state index in [2.05, 4.69) is 0 Å². The van der Waals surface area contributed by atoms with Crippen LogP contribution in [0.2, 0.25) is 5.02 Å². The molecule has 0 N–H and O–H groups in total. The molecular weight excluding hydrogens is 388 g/mol. The van der Waals surface area contributed by atoms with E-state index in [1.165, 1.54) is 11.3 Å². The third kappa shape index (κ3) is 4.06. The summed E-state index contributed by atoms with van der Waals surface area (Å²) < 4.78 is 26.4. The number of aryl methyl sites for hydroxylation is 1. The van der Waals surface area contributed by atoms with E-state index in [1.807, 2.05) is 12.3 Å². The van der Waals surface area contributed by atoms with Crippen LogP contribution in [-0.4, -0.2) is 14.2 Å². The maximum absolute atomic E-state index is 13.2. The molecule has 0 saturated heterocycles. The third-order valence-electron chi connectivity index (χ3n) is 4.12. The van der Waals surface area contributed by atoms with Crippen LogP contribution < -0.4 is 0 Å². The number of carbonyl (C=O) groups excluding carboxylic acids is 1. The number of Topliss-reactive ketones (excluding diaryl/α,β-unsaturated/α-hetero) is 1. The number of carbonyl (C=O) groups is 1. The summed E-state index contributed by atoms with van der Waals surface area (Å²) in [6.45, 7) is 1.90. The smallest absolute Gasteiger partial charge is 0.186 e. The zero-order valence-electron chi connectivity index (χ0n) is 14.1. The predicted molar refractivity (Wildman–Crippen MR) is 106 cm³/mol. The number of ketones is 1. The Morgan fingerprint density at radius 2 is 1.69 bits per heavy atom. The van der Waals surface area contributed by atoms with Crippen molar-refractivity contribution in [2.24, 2.45) is 0 Å². The summed E-state index contributed by atoms with van der Waals surface area (Å²) in [5.74, 6) is -0.226. The number of hydrogen-bond donors (Lipinski definition) is 0. The standard InChI is InChI=1S/C20H17ClO3S2/c1-14-4-10-17(11-5-14)26(23,24)20(19-3-2-12-25-19)13-18(22)15-6-8-16(21)9-7-15/h2-12,20H,13H2,1H3. The fourth-order valence-electron chi connectivity index (χ4n) is 2.65. The van der Waals surface area contributed by atoms with Crippen molar-refractivity contribution in [3.8, 4) is 0 Å². The molecule has 1 unspecified atom stereocenters. The Hall–Kier alpha value is -1.95. The van der Waals surface area contributed by atoms with Crippen molar-refractivity contribution in [2.45, 2.75) is 23.5 Å². The number of thiophene rings is 1. The molecule has 6 heteroatoms. The summed E-state index contributed by atoms with van der Waals surface area (Å²) in [4.78, 5) is 13.6. The first-order valence-electron chi connectivity index (χ1n) is 8.00. The van der Waals surface area contributed by atoms with Crippen LogP contribution in [0.5, 0.6) is 0 Å². The summed E-state index contributed by atoms with van der Waals surface area (Å²) in [7, 11) is -3.69. The van der Waals surface area contributed by atoms with E-state index in [4.69, 9.17) is 11.6 Å². The van der Waals surface area contributed by atoms with Crippen LogP contribution in [0.25, 0.3) is 0 Å². The largest absolute Gasteiger partial charge is 0.294 e. The minimum Gasteiger partial charge on any atom is -0.294 e. The Labute approximate surface area is 162 Å². The minimum atomic E-state index is -3.69. The summed E-state index contributed by atoms with van der Waals surface area (Å²) >= 11 is 7.21. The number of rotatable bonds is 6. The Morgan fingerprint density at radius 3 is 2.27 bits per heavy atom.